The summed E-state index contributed by atoms with van der Waals surface area (Å²) in [5.74, 6) is -1.03. The van der Waals surface area contributed by atoms with Crippen molar-refractivity contribution in [2.24, 2.45) is 0 Å². The van der Waals surface area contributed by atoms with Crippen LogP contribution in [0.3, 0.4) is 0 Å². The summed E-state index contributed by atoms with van der Waals surface area (Å²) in [6.07, 6.45) is 0. The largest absolute Gasteiger partial charge is 0.485 e. The van der Waals surface area contributed by atoms with Gasteiger partial charge >= 0.3 is 0 Å². The Morgan fingerprint density at radius 2 is 1.47 bits per heavy atom. The Kier molecular flexibility index (Phi) is 3.51. The monoisotopic (exact) mass is 242 g/mol. The summed E-state index contributed by atoms with van der Waals surface area (Å²) in [7, 11) is 0. The van der Waals surface area contributed by atoms with Crippen LogP contribution >= 0.6 is 0 Å². The van der Waals surface area contributed by atoms with Crippen molar-refractivity contribution >= 4 is 0 Å². The molecule has 0 saturated carbocycles. The van der Waals surface area contributed by atoms with Gasteiger partial charge in [0.1, 0.15) is 11.4 Å². The molecule has 0 aromatic heterocycles. The minimum absolute atomic E-state index is 0.0688. The van der Waals surface area contributed by atoms with E-state index in [0.717, 1.165) is 0 Å². The van der Waals surface area contributed by atoms with Crippen LogP contribution in [0.15, 0.2) is 12.1 Å². The quantitative estimate of drug-likeness (QED) is 0.707. The molecular formula is C14H20F2O. The van der Waals surface area contributed by atoms with E-state index in [2.05, 4.69) is 0 Å². The molecule has 0 bridgehead atoms. The molecule has 0 amide bonds. The lowest BCUT2D eigenvalue weighted by atomic mass is 9.86. The third-order valence-electron chi connectivity index (χ3n) is 2.22. The number of benzene rings is 1. The predicted molar refractivity (Wildman–Crippen MR) is 65.4 cm³/mol. The van der Waals surface area contributed by atoms with Gasteiger partial charge in [-0.1, -0.05) is 20.8 Å². The van der Waals surface area contributed by atoms with E-state index < -0.39 is 22.7 Å². The average Bonchev–Trinajstić information content (AvgIpc) is 2.06. The van der Waals surface area contributed by atoms with Crippen LogP contribution in [0.5, 0.6) is 5.75 Å². The second-order valence-electron chi connectivity index (χ2n) is 6.20. The summed E-state index contributed by atoms with van der Waals surface area (Å²) in [6.45, 7) is 10.8. The van der Waals surface area contributed by atoms with E-state index in [1.54, 1.807) is 20.8 Å². The summed E-state index contributed by atoms with van der Waals surface area (Å²) in [5, 5.41) is 0. The molecule has 1 rings (SSSR count). The first-order valence-electron chi connectivity index (χ1n) is 5.70. The number of hydrogen-bond donors (Lipinski definition) is 0. The third-order valence-corrected chi connectivity index (χ3v) is 2.22. The standard InChI is InChI=1S/C14H20F2O/c1-13(2,3)11-9(15)7-8-10(12(11)16)17-14(4,5)6/h7-8H,1-6H3. The van der Waals surface area contributed by atoms with Gasteiger partial charge in [0.2, 0.25) is 0 Å². The summed E-state index contributed by atoms with van der Waals surface area (Å²) in [6, 6.07) is 2.59. The van der Waals surface area contributed by atoms with E-state index in [1.807, 2.05) is 20.8 Å². The molecule has 1 aromatic rings. The van der Waals surface area contributed by atoms with Crippen LogP contribution in [-0.4, -0.2) is 5.60 Å². The molecular weight excluding hydrogens is 222 g/mol. The van der Waals surface area contributed by atoms with Gasteiger partial charge in [0, 0.05) is 5.56 Å². The zero-order valence-electron chi connectivity index (χ0n) is 11.3. The molecule has 0 aliphatic carbocycles. The predicted octanol–water partition coefficient (Wildman–Crippen LogP) is 4.44. The van der Waals surface area contributed by atoms with Crippen LogP contribution in [0.1, 0.15) is 47.1 Å². The summed E-state index contributed by atoms with van der Waals surface area (Å²) < 4.78 is 33.3. The Bertz CT molecular complexity index is 411. The Labute approximate surface area is 102 Å². The van der Waals surface area contributed by atoms with Crippen molar-refractivity contribution in [3.05, 3.63) is 29.3 Å². The molecule has 1 nitrogen and oxygen atoms in total. The molecule has 0 heterocycles. The molecule has 17 heavy (non-hydrogen) atoms. The molecule has 0 radical (unpaired) electrons. The van der Waals surface area contributed by atoms with Gasteiger partial charge in [-0.3, -0.25) is 0 Å². The Morgan fingerprint density at radius 3 is 1.88 bits per heavy atom. The Morgan fingerprint density at radius 1 is 0.941 bits per heavy atom. The lowest BCUT2D eigenvalue weighted by Crippen LogP contribution is -2.25. The lowest BCUT2D eigenvalue weighted by molar-refractivity contribution is 0.123. The van der Waals surface area contributed by atoms with Crippen molar-refractivity contribution in [1.29, 1.82) is 0 Å². The molecule has 3 heteroatoms. The van der Waals surface area contributed by atoms with E-state index in [0.29, 0.717) is 0 Å². The molecule has 0 spiro atoms. The highest BCUT2D eigenvalue weighted by Crippen LogP contribution is 2.33. The van der Waals surface area contributed by atoms with Gasteiger partial charge in [-0.05, 0) is 38.3 Å². The van der Waals surface area contributed by atoms with Crippen molar-refractivity contribution in [3.8, 4) is 5.75 Å². The maximum absolute atomic E-state index is 14.2. The average molecular weight is 242 g/mol. The smallest absolute Gasteiger partial charge is 0.171 e. The van der Waals surface area contributed by atoms with Crippen molar-refractivity contribution in [1.82, 2.24) is 0 Å². The van der Waals surface area contributed by atoms with Crippen LogP contribution < -0.4 is 4.74 Å². The maximum Gasteiger partial charge on any atom is 0.171 e. The van der Waals surface area contributed by atoms with Crippen LogP contribution in [0, 0.1) is 11.6 Å². The fourth-order valence-corrected chi connectivity index (χ4v) is 1.63. The van der Waals surface area contributed by atoms with E-state index in [-0.39, 0.29) is 11.3 Å². The van der Waals surface area contributed by atoms with Gasteiger partial charge in [0.15, 0.2) is 11.6 Å². The molecule has 0 aliphatic rings. The first kappa shape index (κ1) is 13.9. The molecule has 0 N–H and O–H groups in total. The zero-order chi connectivity index (χ0) is 13.4. The van der Waals surface area contributed by atoms with Gasteiger partial charge in [-0.25, -0.2) is 8.78 Å². The van der Waals surface area contributed by atoms with Crippen molar-refractivity contribution in [2.45, 2.75) is 52.6 Å². The fourth-order valence-electron chi connectivity index (χ4n) is 1.63. The molecule has 0 atom stereocenters. The normalized spacial score (nSPS) is 12.7. The van der Waals surface area contributed by atoms with E-state index in [1.165, 1.54) is 12.1 Å². The highest BCUT2D eigenvalue weighted by molar-refractivity contribution is 5.36. The van der Waals surface area contributed by atoms with Crippen LogP contribution in [0.25, 0.3) is 0 Å². The second-order valence-corrected chi connectivity index (χ2v) is 6.20. The summed E-state index contributed by atoms with van der Waals surface area (Å²) >= 11 is 0. The number of hydrogen-bond acceptors (Lipinski definition) is 1. The zero-order valence-corrected chi connectivity index (χ0v) is 11.3. The SMILES string of the molecule is CC(C)(C)Oc1ccc(F)c(C(C)(C)C)c1F. The first-order chi connectivity index (χ1) is 7.52. The van der Waals surface area contributed by atoms with E-state index in [4.69, 9.17) is 4.74 Å². The number of rotatable bonds is 1. The van der Waals surface area contributed by atoms with Gasteiger partial charge in [0.25, 0.3) is 0 Å². The topological polar surface area (TPSA) is 9.23 Å². The molecule has 0 unspecified atom stereocenters. The number of halogens is 2. The van der Waals surface area contributed by atoms with Gasteiger partial charge < -0.3 is 4.74 Å². The fraction of sp³-hybridized carbons (Fsp3) is 0.571. The van der Waals surface area contributed by atoms with Crippen molar-refractivity contribution in [2.75, 3.05) is 0 Å². The molecule has 96 valence electrons. The van der Waals surface area contributed by atoms with Crippen LogP contribution in [0.4, 0.5) is 8.78 Å². The Hall–Kier alpha value is -1.12. The van der Waals surface area contributed by atoms with E-state index >= 15 is 0 Å². The minimum atomic E-state index is -0.604. The second kappa shape index (κ2) is 4.28. The molecule has 0 aliphatic heterocycles. The third kappa shape index (κ3) is 3.42. The van der Waals surface area contributed by atoms with E-state index in [9.17, 15) is 8.78 Å². The minimum Gasteiger partial charge on any atom is -0.485 e. The van der Waals surface area contributed by atoms with Gasteiger partial charge in [-0.2, -0.15) is 0 Å². The highest BCUT2D eigenvalue weighted by Gasteiger charge is 2.27. The molecule has 0 saturated heterocycles. The molecule has 1 aromatic carbocycles. The first-order valence-corrected chi connectivity index (χ1v) is 5.70. The molecule has 0 fully saturated rings. The van der Waals surface area contributed by atoms with Crippen molar-refractivity contribution in [3.63, 3.8) is 0 Å². The number of ether oxygens (including phenoxy) is 1. The highest BCUT2D eigenvalue weighted by atomic mass is 19.1. The Balaban J connectivity index is 3.30. The van der Waals surface area contributed by atoms with Crippen LogP contribution in [-0.2, 0) is 5.41 Å². The van der Waals surface area contributed by atoms with Crippen LogP contribution in [0.2, 0.25) is 0 Å². The summed E-state index contributed by atoms with van der Waals surface area (Å²) in [5.41, 5.74) is -1.03. The van der Waals surface area contributed by atoms with Gasteiger partial charge in [0.05, 0.1) is 0 Å². The van der Waals surface area contributed by atoms with Gasteiger partial charge in [-0.15, -0.1) is 0 Å². The maximum atomic E-state index is 14.2. The lowest BCUT2D eigenvalue weighted by Gasteiger charge is -2.25. The summed E-state index contributed by atoms with van der Waals surface area (Å²) in [4.78, 5) is 0. The van der Waals surface area contributed by atoms with Crippen molar-refractivity contribution < 1.29 is 13.5 Å².